The monoisotopic (exact) mass is 245 g/mol. The summed E-state index contributed by atoms with van der Waals surface area (Å²) in [6.07, 6.45) is -2.50. The maximum Gasteiger partial charge on any atom is 0.272 e. The number of alkyl halides is 2. The smallest absolute Gasteiger partial charge is 0.272 e. The van der Waals surface area contributed by atoms with Crippen molar-refractivity contribution < 1.29 is 13.5 Å². The number of nitrogens with one attached hydrogen (secondary N) is 1. The van der Waals surface area contributed by atoms with Crippen LogP contribution in [0.4, 0.5) is 14.6 Å². The van der Waals surface area contributed by atoms with Crippen LogP contribution in [-0.4, -0.2) is 29.5 Å². The molecule has 0 saturated heterocycles. The molecular weight excluding hydrogens is 228 g/mol. The van der Waals surface area contributed by atoms with Gasteiger partial charge in [-0.25, -0.2) is 13.8 Å². The van der Waals surface area contributed by atoms with Crippen LogP contribution < -0.4 is 10.1 Å². The van der Waals surface area contributed by atoms with Gasteiger partial charge < -0.3 is 10.1 Å². The zero-order chi connectivity index (χ0) is 12.8. The average Bonchev–Trinajstić information content (AvgIpc) is 2.26. The lowest BCUT2D eigenvalue weighted by molar-refractivity contribution is 0.0794. The molecule has 1 aromatic heterocycles. The second kappa shape index (κ2) is 6.32. The lowest BCUT2D eigenvalue weighted by atomic mass is 10.2. The van der Waals surface area contributed by atoms with Gasteiger partial charge in [-0.3, -0.25) is 0 Å². The molecule has 17 heavy (non-hydrogen) atoms. The number of rotatable bonds is 6. The highest BCUT2D eigenvalue weighted by Gasteiger charge is 2.10. The largest absolute Gasteiger partial charge is 0.471 e. The van der Waals surface area contributed by atoms with Crippen LogP contribution in [0.25, 0.3) is 0 Å². The Bertz CT molecular complexity index is 359. The summed E-state index contributed by atoms with van der Waals surface area (Å²) < 4.78 is 29.0. The molecule has 0 aliphatic rings. The predicted molar refractivity (Wildman–Crippen MR) is 61.8 cm³/mol. The van der Waals surface area contributed by atoms with Crippen molar-refractivity contribution in [2.24, 2.45) is 0 Å². The Balaban J connectivity index is 2.87. The Morgan fingerprint density at radius 3 is 2.59 bits per heavy atom. The van der Waals surface area contributed by atoms with Crippen molar-refractivity contribution in [2.75, 3.05) is 18.5 Å². The second-order valence-corrected chi connectivity index (χ2v) is 3.84. The fourth-order valence-electron chi connectivity index (χ4n) is 1.20. The number of anilines is 1. The van der Waals surface area contributed by atoms with Gasteiger partial charge in [-0.05, 0) is 6.92 Å². The lowest BCUT2D eigenvalue weighted by Crippen LogP contribution is -2.11. The minimum absolute atomic E-state index is 0.113. The first-order chi connectivity index (χ1) is 8.02. The summed E-state index contributed by atoms with van der Waals surface area (Å²) in [6.45, 7) is 5.84. The molecule has 0 fully saturated rings. The van der Waals surface area contributed by atoms with Crippen LogP contribution in [0.3, 0.4) is 0 Å². The van der Waals surface area contributed by atoms with E-state index in [1.807, 2.05) is 20.8 Å². The molecule has 0 aliphatic heterocycles. The molecule has 0 bridgehead atoms. The fourth-order valence-corrected chi connectivity index (χ4v) is 1.20. The molecule has 6 heteroatoms. The van der Waals surface area contributed by atoms with E-state index in [0.717, 1.165) is 0 Å². The van der Waals surface area contributed by atoms with Gasteiger partial charge in [-0.2, -0.15) is 4.98 Å². The summed E-state index contributed by atoms with van der Waals surface area (Å²) in [4.78, 5) is 8.34. The molecule has 96 valence electrons. The lowest BCUT2D eigenvalue weighted by Gasteiger charge is -2.11. The summed E-state index contributed by atoms with van der Waals surface area (Å²) >= 11 is 0. The van der Waals surface area contributed by atoms with Gasteiger partial charge >= 0.3 is 0 Å². The van der Waals surface area contributed by atoms with E-state index in [1.165, 1.54) is 6.07 Å². The number of ether oxygens (including phenoxy) is 1. The summed E-state index contributed by atoms with van der Waals surface area (Å²) in [5.41, 5.74) is 0. The number of hydrogen-bond donors (Lipinski definition) is 1. The third-order valence-corrected chi connectivity index (χ3v) is 1.95. The number of halogens is 2. The Kier molecular flexibility index (Phi) is 5.06. The molecule has 1 N–H and O–H groups in total. The standard InChI is InChI=1S/C11H17F2N3O/c1-4-14-9-5-10(17-6-8(12)13)16-11(15-9)7(2)3/h5,7-8H,4,6H2,1-3H3,(H,14,15,16). The summed E-state index contributed by atoms with van der Waals surface area (Å²) in [7, 11) is 0. The number of nitrogens with zero attached hydrogens (tertiary/aromatic N) is 2. The quantitative estimate of drug-likeness (QED) is 0.837. The van der Waals surface area contributed by atoms with Gasteiger partial charge in [0.15, 0.2) is 6.61 Å². The molecule has 0 unspecified atom stereocenters. The van der Waals surface area contributed by atoms with E-state index in [0.29, 0.717) is 18.2 Å². The highest BCUT2D eigenvalue weighted by molar-refractivity contribution is 5.38. The molecule has 0 aliphatic carbocycles. The molecule has 0 spiro atoms. The van der Waals surface area contributed by atoms with Gasteiger partial charge in [0, 0.05) is 18.5 Å². The molecule has 0 radical (unpaired) electrons. The SMILES string of the molecule is CCNc1cc(OCC(F)F)nc(C(C)C)n1. The molecule has 4 nitrogen and oxygen atoms in total. The highest BCUT2D eigenvalue weighted by atomic mass is 19.3. The minimum Gasteiger partial charge on any atom is -0.471 e. The molecule has 0 saturated carbocycles. The molecule has 1 rings (SSSR count). The zero-order valence-electron chi connectivity index (χ0n) is 10.2. The second-order valence-electron chi connectivity index (χ2n) is 3.84. The van der Waals surface area contributed by atoms with Gasteiger partial charge in [-0.1, -0.05) is 13.8 Å². The van der Waals surface area contributed by atoms with E-state index in [1.54, 1.807) is 0 Å². The highest BCUT2D eigenvalue weighted by Crippen LogP contribution is 2.18. The Labute approximate surface area is 99.4 Å². The minimum atomic E-state index is -2.50. The van der Waals surface area contributed by atoms with Crippen molar-refractivity contribution in [3.05, 3.63) is 11.9 Å². The first kappa shape index (κ1) is 13.6. The van der Waals surface area contributed by atoms with Gasteiger partial charge in [-0.15, -0.1) is 0 Å². The molecular formula is C11H17F2N3O. The molecule has 1 aromatic rings. The predicted octanol–water partition coefficient (Wildman–Crippen LogP) is 2.68. The summed E-state index contributed by atoms with van der Waals surface area (Å²) in [5, 5.41) is 3.01. The number of aromatic nitrogens is 2. The zero-order valence-corrected chi connectivity index (χ0v) is 10.2. The third kappa shape index (κ3) is 4.50. The maximum atomic E-state index is 12.0. The Morgan fingerprint density at radius 2 is 2.06 bits per heavy atom. The van der Waals surface area contributed by atoms with Crippen LogP contribution in [0, 0.1) is 0 Å². The van der Waals surface area contributed by atoms with Crippen molar-refractivity contribution in [3.8, 4) is 5.88 Å². The van der Waals surface area contributed by atoms with Crippen molar-refractivity contribution in [3.63, 3.8) is 0 Å². The summed E-state index contributed by atoms with van der Waals surface area (Å²) in [5.74, 6) is 1.46. The van der Waals surface area contributed by atoms with Crippen LogP contribution in [0.15, 0.2) is 6.07 Å². The van der Waals surface area contributed by atoms with Gasteiger partial charge in [0.25, 0.3) is 6.43 Å². The van der Waals surface area contributed by atoms with Crippen molar-refractivity contribution in [2.45, 2.75) is 33.1 Å². The topological polar surface area (TPSA) is 47.0 Å². The van der Waals surface area contributed by atoms with E-state index in [-0.39, 0.29) is 11.8 Å². The molecule has 0 amide bonds. The summed E-state index contributed by atoms with van der Waals surface area (Å²) in [6, 6.07) is 1.53. The van der Waals surface area contributed by atoms with Crippen molar-refractivity contribution >= 4 is 5.82 Å². The van der Waals surface area contributed by atoms with Gasteiger partial charge in [0.2, 0.25) is 5.88 Å². The normalized spacial score (nSPS) is 11.0. The first-order valence-electron chi connectivity index (χ1n) is 5.56. The molecule has 0 atom stereocenters. The average molecular weight is 245 g/mol. The first-order valence-corrected chi connectivity index (χ1v) is 5.56. The molecule has 0 aromatic carbocycles. The molecule has 1 heterocycles. The van der Waals surface area contributed by atoms with E-state index >= 15 is 0 Å². The number of hydrogen-bond acceptors (Lipinski definition) is 4. The Morgan fingerprint density at radius 1 is 1.35 bits per heavy atom. The van der Waals surface area contributed by atoms with E-state index in [4.69, 9.17) is 4.74 Å². The van der Waals surface area contributed by atoms with Crippen molar-refractivity contribution in [1.82, 2.24) is 9.97 Å². The van der Waals surface area contributed by atoms with E-state index in [2.05, 4.69) is 15.3 Å². The van der Waals surface area contributed by atoms with Crippen LogP contribution >= 0.6 is 0 Å². The maximum absolute atomic E-state index is 12.0. The van der Waals surface area contributed by atoms with Gasteiger partial charge in [0.1, 0.15) is 11.6 Å². The van der Waals surface area contributed by atoms with E-state index < -0.39 is 13.0 Å². The van der Waals surface area contributed by atoms with Gasteiger partial charge in [0.05, 0.1) is 0 Å². The third-order valence-electron chi connectivity index (χ3n) is 1.95. The fraction of sp³-hybridized carbons (Fsp3) is 0.636. The van der Waals surface area contributed by atoms with Crippen LogP contribution in [0.1, 0.15) is 32.5 Å². The van der Waals surface area contributed by atoms with Crippen LogP contribution in [0.5, 0.6) is 5.88 Å². The van der Waals surface area contributed by atoms with Crippen LogP contribution in [0.2, 0.25) is 0 Å². The van der Waals surface area contributed by atoms with E-state index in [9.17, 15) is 8.78 Å². The van der Waals surface area contributed by atoms with Crippen molar-refractivity contribution in [1.29, 1.82) is 0 Å². The Hall–Kier alpha value is -1.46. The van der Waals surface area contributed by atoms with Crippen LogP contribution in [-0.2, 0) is 0 Å².